The Morgan fingerprint density at radius 1 is 0.735 bits per heavy atom. The Bertz CT molecular complexity index is 854. The minimum absolute atomic E-state index is 0.00857. The van der Waals surface area contributed by atoms with E-state index in [2.05, 4.69) is 48.5 Å². The van der Waals surface area contributed by atoms with Gasteiger partial charge in [-0.25, -0.2) is 0 Å². The second-order valence-corrected chi connectivity index (χ2v) is 15.4. The molecule has 3 heteroatoms. The summed E-state index contributed by atoms with van der Waals surface area (Å²) in [6.07, 6.45) is 13.0. The zero-order valence-corrected chi connectivity index (χ0v) is 23.4. The molecule has 1 N–H and O–H groups in total. The van der Waals surface area contributed by atoms with Crippen molar-refractivity contribution in [1.29, 1.82) is 0 Å². The van der Waals surface area contributed by atoms with Crippen LogP contribution in [0.1, 0.15) is 119 Å². The zero-order chi connectivity index (χ0) is 24.9. The number of carbonyl (C=O) groups excluding carboxylic acids is 1. The molecule has 5 aliphatic rings. The lowest BCUT2D eigenvalue weighted by Gasteiger charge is -2.75. The van der Waals surface area contributed by atoms with Crippen LogP contribution >= 0.6 is 0 Å². The normalized spacial score (nSPS) is 59.1. The predicted octanol–water partition coefficient (Wildman–Crippen LogP) is 7.40. The predicted molar refractivity (Wildman–Crippen MR) is 137 cm³/mol. The van der Waals surface area contributed by atoms with Crippen molar-refractivity contribution < 1.29 is 14.6 Å². The van der Waals surface area contributed by atoms with Crippen LogP contribution in [-0.2, 0) is 9.53 Å². The number of fused-ring (bicyclic) bond motifs is 7. The van der Waals surface area contributed by atoms with Crippen LogP contribution in [-0.4, -0.2) is 24.3 Å². The highest BCUT2D eigenvalue weighted by atomic mass is 16.5. The fourth-order valence-corrected chi connectivity index (χ4v) is 11.6. The third kappa shape index (κ3) is 2.94. The summed E-state index contributed by atoms with van der Waals surface area (Å²) >= 11 is 0. The van der Waals surface area contributed by atoms with Crippen molar-refractivity contribution in [1.82, 2.24) is 0 Å². The van der Waals surface area contributed by atoms with Gasteiger partial charge in [-0.15, -0.1) is 0 Å². The summed E-state index contributed by atoms with van der Waals surface area (Å²) in [6, 6.07) is 0. The van der Waals surface area contributed by atoms with Crippen molar-refractivity contribution >= 4 is 5.97 Å². The monoisotopic (exact) mass is 472 g/mol. The van der Waals surface area contributed by atoms with E-state index >= 15 is 0 Å². The Labute approximate surface area is 209 Å². The minimum Gasteiger partial charge on any atom is -0.469 e. The van der Waals surface area contributed by atoms with Crippen LogP contribution < -0.4 is 0 Å². The standard InChI is InChI=1S/C31H52O3/c1-20-21(32)9-10-22-28(20,4)12-11-23-29(22,5)16-18-31(7)24-19-27(3,25(33)34-8)14-13-26(24,2)15-17-30(23,31)6/h20-24,32H,9-19H2,1-8H3. The molecule has 11 unspecified atom stereocenters. The number of aliphatic hydroxyl groups is 1. The summed E-state index contributed by atoms with van der Waals surface area (Å²) in [5.41, 5.74) is 1.24. The topological polar surface area (TPSA) is 46.5 Å². The molecular formula is C31H52O3. The molecule has 0 amide bonds. The lowest BCUT2D eigenvalue weighted by atomic mass is 9.30. The Hall–Kier alpha value is -0.570. The Morgan fingerprint density at radius 3 is 2.03 bits per heavy atom. The van der Waals surface area contributed by atoms with Gasteiger partial charge in [-0.3, -0.25) is 4.79 Å². The number of ether oxygens (including phenoxy) is 1. The van der Waals surface area contributed by atoms with Crippen LogP contribution in [0.3, 0.4) is 0 Å². The molecule has 0 aromatic rings. The highest BCUT2D eigenvalue weighted by Crippen LogP contribution is 2.78. The molecule has 0 aromatic carbocycles. The zero-order valence-electron chi connectivity index (χ0n) is 23.4. The van der Waals surface area contributed by atoms with E-state index in [4.69, 9.17) is 4.74 Å². The fourth-order valence-electron chi connectivity index (χ4n) is 11.6. The van der Waals surface area contributed by atoms with Crippen LogP contribution in [0.5, 0.6) is 0 Å². The van der Waals surface area contributed by atoms with Gasteiger partial charge in [0.1, 0.15) is 0 Å². The maximum atomic E-state index is 12.9. The second-order valence-electron chi connectivity index (χ2n) is 15.4. The third-order valence-electron chi connectivity index (χ3n) is 14.4. The van der Waals surface area contributed by atoms with E-state index in [0.29, 0.717) is 28.1 Å². The number of hydrogen-bond donors (Lipinski definition) is 1. The Kier molecular flexibility index (Phi) is 5.52. The molecule has 194 valence electrons. The van der Waals surface area contributed by atoms with E-state index in [9.17, 15) is 9.90 Å². The van der Waals surface area contributed by atoms with Gasteiger partial charge in [-0.1, -0.05) is 41.5 Å². The third-order valence-corrected chi connectivity index (χ3v) is 14.4. The van der Waals surface area contributed by atoms with Gasteiger partial charge in [0.15, 0.2) is 0 Å². The molecule has 0 spiro atoms. The van der Waals surface area contributed by atoms with Crippen LogP contribution in [0.25, 0.3) is 0 Å². The molecule has 0 radical (unpaired) electrons. The molecule has 5 fully saturated rings. The van der Waals surface area contributed by atoms with Gasteiger partial charge >= 0.3 is 5.97 Å². The lowest BCUT2D eigenvalue weighted by Crippen LogP contribution is -2.68. The van der Waals surface area contributed by atoms with Gasteiger partial charge in [-0.05, 0) is 128 Å². The molecule has 34 heavy (non-hydrogen) atoms. The van der Waals surface area contributed by atoms with Gasteiger partial charge in [-0.2, -0.15) is 0 Å². The molecule has 5 saturated carbocycles. The summed E-state index contributed by atoms with van der Waals surface area (Å²) < 4.78 is 5.33. The van der Waals surface area contributed by atoms with Crippen LogP contribution in [0.2, 0.25) is 0 Å². The van der Waals surface area contributed by atoms with Crippen molar-refractivity contribution in [2.45, 2.75) is 125 Å². The smallest absolute Gasteiger partial charge is 0.311 e. The maximum absolute atomic E-state index is 12.9. The molecule has 3 nitrogen and oxygen atoms in total. The summed E-state index contributed by atoms with van der Waals surface area (Å²) in [4.78, 5) is 12.9. The average molecular weight is 473 g/mol. The van der Waals surface area contributed by atoms with Crippen molar-refractivity contribution in [2.24, 2.45) is 56.2 Å². The number of methoxy groups -OCH3 is 1. The number of rotatable bonds is 1. The van der Waals surface area contributed by atoms with Gasteiger partial charge < -0.3 is 9.84 Å². The highest BCUT2D eigenvalue weighted by Gasteiger charge is 2.71. The fraction of sp³-hybridized carbons (Fsp3) is 0.968. The van der Waals surface area contributed by atoms with E-state index in [1.54, 1.807) is 7.11 Å². The van der Waals surface area contributed by atoms with Gasteiger partial charge in [0.25, 0.3) is 0 Å². The quantitative estimate of drug-likeness (QED) is 0.404. The molecule has 5 aliphatic carbocycles. The van der Waals surface area contributed by atoms with Crippen molar-refractivity contribution in [3.05, 3.63) is 0 Å². The maximum Gasteiger partial charge on any atom is 0.311 e. The number of aliphatic hydroxyl groups excluding tert-OH is 1. The van der Waals surface area contributed by atoms with E-state index in [-0.39, 0.29) is 28.3 Å². The Morgan fingerprint density at radius 2 is 1.35 bits per heavy atom. The number of esters is 1. The van der Waals surface area contributed by atoms with Crippen LogP contribution in [0.4, 0.5) is 0 Å². The summed E-state index contributed by atoms with van der Waals surface area (Å²) in [5, 5.41) is 10.8. The largest absolute Gasteiger partial charge is 0.469 e. The molecule has 0 saturated heterocycles. The number of hydrogen-bond acceptors (Lipinski definition) is 3. The SMILES string of the molecule is COC(=O)C1(C)CCC2(C)CCC3(C)C4CCC5(C)C(C)C(O)CCC5C4(C)CCC3(C)C2C1. The molecule has 0 heterocycles. The molecule has 5 rings (SSSR count). The summed E-state index contributed by atoms with van der Waals surface area (Å²) in [7, 11) is 1.57. The van der Waals surface area contributed by atoms with E-state index < -0.39 is 0 Å². The summed E-state index contributed by atoms with van der Waals surface area (Å²) in [5.74, 6) is 2.46. The van der Waals surface area contributed by atoms with E-state index in [1.165, 1.54) is 44.9 Å². The van der Waals surface area contributed by atoms with Gasteiger partial charge in [0.2, 0.25) is 0 Å². The molecule has 0 aromatic heterocycles. The van der Waals surface area contributed by atoms with Crippen molar-refractivity contribution in [3.8, 4) is 0 Å². The first-order chi connectivity index (χ1) is 15.7. The highest BCUT2D eigenvalue weighted by molar-refractivity contribution is 5.76. The molecular weight excluding hydrogens is 420 g/mol. The molecule has 0 bridgehead atoms. The van der Waals surface area contributed by atoms with Crippen molar-refractivity contribution in [3.63, 3.8) is 0 Å². The second kappa shape index (κ2) is 7.48. The first-order valence-corrected chi connectivity index (χ1v) is 14.5. The van der Waals surface area contributed by atoms with E-state index in [1.807, 2.05) is 0 Å². The van der Waals surface area contributed by atoms with Crippen LogP contribution in [0, 0.1) is 56.2 Å². The van der Waals surface area contributed by atoms with Gasteiger partial charge in [0.05, 0.1) is 18.6 Å². The number of carbonyl (C=O) groups is 1. The average Bonchev–Trinajstić information content (AvgIpc) is 2.79. The van der Waals surface area contributed by atoms with E-state index in [0.717, 1.165) is 37.5 Å². The molecule has 0 aliphatic heterocycles. The first kappa shape index (κ1) is 25.1. The van der Waals surface area contributed by atoms with Gasteiger partial charge in [0, 0.05) is 0 Å². The van der Waals surface area contributed by atoms with Crippen LogP contribution in [0.15, 0.2) is 0 Å². The Balaban J connectivity index is 1.53. The minimum atomic E-state index is -0.332. The summed E-state index contributed by atoms with van der Waals surface area (Å²) in [6.45, 7) is 17.5. The first-order valence-electron chi connectivity index (χ1n) is 14.5. The lowest BCUT2D eigenvalue weighted by molar-refractivity contribution is -0.263. The molecule has 11 atom stereocenters. The van der Waals surface area contributed by atoms with Crippen molar-refractivity contribution in [2.75, 3.05) is 7.11 Å².